The van der Waals surface area contributed by atoms with Crippen LogP contribution in [0.25, 0.3) is 10.9 Å². The fraction of sp³-hybridized carbons (Fsp3) is 0.500. The van der Waals surface area contributed by atoms with Crippen LogP contribution in [0, 0.1) is 0 Å². The second-order valence-electron chi connectivity index (χ2n) is 6.03. The molecule has 138 valence electrons. The molecule has 0 bridgehead atoms. The van der Waals surface area contributed by atoms with Crippen LogP contribution in [-0.2, 0) is 4.74 Å². The zero-order chi connectivity index (χ0) is 17.3. The van der Waals surface area contributed by atoms with Gasteiger partial charge in [-0.05, 0) is 39.0 Å². The Hall–Kier alpha value is -0.720. The van der Waals surface area contributed by atoms with Crippen LogP contribution in [0.2, 0.25) is 0 Å². The van der Waals surface area contributed by atoms with Crippen molar-refractivity contribution in [1.82, 2.24) is 14.7 Å². The number of halogens is 4. The molecule has 0 spiro atoms. The Kier molecular flexibility index (Phi) is 6.85. The molecule has 1 fully saturated rings. The van der Waals surface area contributed by atoms with Crippen LogP contribution in [-0.4, -0.2) is 51.3 Å². The van der Waals surface area contributed by atoms with E-state index in [4.69, 9.17) is 39.5 Å². The average molecular weight is 427 g/mol. The Morgan fingerprint density at radius 3 is 2.60 bits per heavy atom. The Morgan fingerprint density at radius 2 is 1.96 bits per heavy atom. The summed E-state index contributed by atoms with van der Waals surface area (Å²) in [6.45, 7) is 2.02. The highest BCUT2D eigenvalue weighted by Crippen LogP contribution is 2.33. The fourth-order valence-electron chi connectivity index (χ4n) is 3.01. The smallest absolute Gasteiger partial charge is 0.410 e. The van der Waals surface area contributed by atoms with Crippen molar-refractivity contribution < 1.29 is 9.53 Å². The Bertz CT molecular complexity index is 742. The normalized spacial score (nSPS) is 16.6. The lowest BCUT2D eigenvalue weighted by atomic mass is 9.92. The molecule has 5 nitrogen and oxygen atoms in total. The molecule has 1 aromatic carbocycles. The molecule has 2 aromatic rings. The lowest BCUT2D eigenvalue weighted by Crippen LogP contribution is -2.30. The number of rotatable bonds is 3. The van der Waals surface area contributed by atoms with Crippen LogP contribution in [0.15, 0.2) is 24.3 Å². The largest absolute Gasteiger partial charge is 0.437 e. The summed E-state index contributed by atoms with van der Waals surface area (Å²) in [6, 6.07) is 7.58. The molecule has 1 aromatic heterocycles. The zero-order valence-corrected chi connectivity index (χ0v) is 16.7. The molecule has 0 radical (unpaired) electrons. The van der Waals surface area contributed by atoms with Gasteiger partial charge in [0, 0.05) is 11.3 Å². The van der Waals surface area contributed by atoms with Crippen molar-refractivity contribution in [3.8, 4) is 0 Å². The number of likely N-dealkylation sites (tertiary alicyclic amines) is 1. The lowest BCUT2D eigenvalue weighted by molar-refractivity contribution is 0.123. The first kappa shape index (κ1) is 20.6. The number of aromatic nitrogens is 2. The van der Waals surface area contributed by atoms with Gasteiger partial charge >= 0.3 is 6.09 Å². The highest BCUT2D eigenvalue weighted by atomic mass is 35.5. The van der Waals surface area contributed by atoms with E-state index in [9.17, 15) is 4.79 Å². The molecule has 1 aliphatic heterocycles. The van der Waals surface area contributed by atoms with Crippen LogP contribution < -0.4 is 0 Å². The van der Waals surface area contributed by atoms with E-state index in [1.165, 1.54) is 4.68 Å². The SMILES string of the molecule is CN1CCC(c2nn(C(=O)OC(Cl)(Cl)CCl)c3ccccc23)CC1.Cl. The number of alkyl halides is 3. The molecule has 0 N–H and O–H groups in total. The van der Waals surface area contributed by atoms with Crippen LogP contribution in [0.5, 0.6) is 0 Å². The summed E-state index contributed by atoms with van der Waals surface area (Å²) in [7, 11) is 2.11. The quantitative estimate of drug-likeness (QED) is 0.671. The zero-order valence-electron chi connectivity index (χ0n) is 13.6. The minimum absolute atomic E-state index is 0. The van der Waals surface area contributed by atoms with Gasteiger partial charge in [0.2, 0.25) is 0 Å². The minimum atomic E-state index is -1.78. The van der Waals surface area contributed by atoms with Crippen LogP contribution in [0.1, 0.15) is 24.5 Å². The molecule has 0 aliphatic carbocycles. The van der Waals surface area contributed by atoms with Crippen molar-refractivity contribution in [2.24, 2.45) is 0 Å². The molecule has 2 heterocycles. The van der Waals surface area contributed by atoms with Crippen LogP contribution in [0.4, 0.5) is 4.79 Å². The Labute approximate surface area is 167 Å². The van der Waals surface area contributed by atoms with Gasteiger partial charge in [0.15, 0.2) is 0 Å². The first-order chi connectivity index (χ1) is 11.4. The van der Waals surface area contributed by atoms with Crippen molar-refractivity contribution in [2.45, 2.75) is 23.3 Å². The third kappa shape index (κ3) is 4.52. The maximum Gasteiger partial charge on any atom is 0.437 e. The van der Waals surface area contributed by atoms with Gasteiger partial charge in [-0.1, -0.05) is 41.4 Å². The third-order valence-corrected chi connectivity index (χ3v) is 5.36. The maximum absolute atomic E-state index is 12.4. The molecule has 0 saturated carbocycles. The summed E-state index contributed by atoms with van der Waals surface area (Å²) >= 11 is 17.3. The first-order valence-corrected chi connectivity index (χ1v) is 9.03. The van der Waals surface area contributed by atoms with Crippen molar-refractivity contribution in [2.75, 3.05) is 26.0 Å². The van der Waals surface area contributed by atoms with E-state index in [-0.39, 0.29) is 18.3 Å². The molecule has 0 amide bonds. The monoisotopic (exact) mass is 425 g/mol. The van der Waals surface area contributed by atoms with E-state index >= 15 is 0 Å². The van der Waals surface area contributed by atoms with Gasteiger partial charge in [0.05, 0.1) is 17.1 Å². The average Bonchev–Trinajstić information content (AvgIpc) is 2.95. The highest BCUT2D eigenvalue weighted by Gasteiger charge is 2.31. The molecule has 25 heavy (non-hydrogen) atoms. The minimum Gasteiger partial charge on any atom is -0.410 e. The summed E-state index contributed by atoms with van der Waals surface area (Å²) in [5.74, 6) is 0.0769. The number of hydrogen-bond acceptors (Lipinski definition) is 4. The van der Waals surface area contributed by atoms with Gasteiger partial charge in [-0.3, -0.25) is 0 Å². The second kappa shape index (κ2) is 8.31. The predicted molar refractivity (Wildman–Crippen MR) is 103 cm³/mol. The predicted octanol–water partition coefficient (Wildman–Crippen LogP) is 4.62. The standard InChI is InChI=1S/C16H18Cl3N3O2.ClH/c1-21-8-6-11(7-9-21)14-12-4-2-3-5-13(12)22(20-14)15(23)24-16(18,19)10-17;/h2-5,11H,6-10H2,1H3;1H. The van der Waals surface area contributed by atoms with Crippen molar-refractivity contribution in [3.05, 3.63) is 30.0 Å². The summed E-state index contributed by atoms with van der Waals surface area (Å²) in [5.41, 5.74) is 1.59. The number of carbonyl (C=O) groups is 1. The number of ether oxygens (including phenoxy) is 1. The highest BCUT2D eigenvalue weighted by molar-refractivity contribution is 6.50. The first-order valence-electron chi connectivity index (χ1n) is 7.74. The lowest BCUT2D eigenvalue weighted by Gasteiger charge is -2.28. The van der Waals surface area contributed by atoms with E-state index in [0.717, 1.165) is 37.0 Å². The van der Waals surface area contributed by atoms with Gasteiger partial charge in [0.25, 0.3) is 4.52 Å². The maximum atomic E-state index is 12.4. The molecule has 1 aliphatic rings. The molecule has 0 atom stereocenters. The van der Waals surface area contributed by atoms with Crippen molar-refractivity contribution >= 4 is 64.2 Å². The molecule has 3 rings (SSSR count). The number of para-hydroxylation sites is 1. The third-order valence-electron chi connectivity index (χ3n) is 4.29. The molecule has 0 unspecified atom stereocenters. The number of piperidine rings is 1. The van der Waals surface area contributed by atoms with Gasteiger partial charge < -0.3 is 9.64 Å². The summed E-state index contributed by atoms with van der Waals surface area (Å²) < 4.78 is 4.49. The van der Waals surface area contributed by atoms with Crippen LogP contribution in [0.3, 0.4) is 0 Å². The molecular weight excluding hydrogens is 408 g/mol. The fourth-order valence-corrected chi connectivity index (χ4v) is 3.20. The van der Waals surface area contributed by atoms with Crippen molar-refractivity contribution in [3.63, 3.8) is 0 Å². The van der Waals surface area contributed by atoms with E-state index < -0.39 is 10.6 Å². The topological polar surface area (TPSA) is 47.4 Å². The summed E-state index contributed by atoms with van der Waals surface area (Å²) in [6.07, 6.45) is 1.27. The second-order valence-corrected chi connectivity index (χ2v) is 7.71. The molecule has 9 heteroatoms. The number of carbonyl (C=O) groups excluding carboxylic acids is 1. The summed E-state index contributed by atoms with van der Waals surface area (Å²) in [5, 5.41) is 5.47. The number of hydrogen-bond donors (Lipinski definition) is 0. The number of nitrogens with zero attached hydrogens (tertiary/aromatic N) is 3. The number of fused-ring (bicyclic) bond motifs is 1. The van der Waals surface area contributed by atoms with E-state index in [0.29, 0.717) is 11.4 Å². The number of benzene rings is 1. The van der Waals surface area contributed by atoms with Crippen LogP contribution >= 0.6 is 47.2 Å². The summed E-state index contributed by atoms with van der Waals surface area (Å²) in [4.78, 5) is 14.7. The van der Waals surface area contributed by atoms with E-state index in [1.54, 1.807) is 0 Å². The Balaban J connectivity index is 0.00000225. The van der Waals surface area contributed by atoms with Gasteiger partial charge in [0.1, 0.15) is 0 Å². The molecular formula is C16H19Cl4N3O2. The van der Waals surface area contributed by atoms with E-state index in [1.807, 2.05) is 24.3 Å². The van der Waals surface area contributed by atoms with Crippen molar-refractivity contribution in [1.29, 1.82) is 0 Å². The van der Waals surface area contributed by atoms with Gasteiger partial charge in [-0.2, -0.15) is 9.78 Å². The van der Waals surface area contributed by atoms with Gasteiger partial charge in [-0.15, -0.1) is 24.0 Å². The molecule has 1 saturated heterocycles. The van der Waals surface area contributed by atoms with Gasteiger partial charge in [-0.25, -0.2) is 4.79 Å². The Morgan fingerprint density at radius 1 is 1.32 bits per heavy atom. The van der Waals surface area contributed by atoms with E-state index in [2.05, 4.69) is 17.0 Å².